The van der Waals surface area contributed by atoms with Gasteiger partial charge in [-0.1, -0.05) is 58.7 Å². The molecular weight excluding hydrogens is 380 g/mol. The van der Waals surface area contributed by atoms with E-state index in [0.29, 0.717) is 17.4 Å². The monoisotopic (exact) mass is 418 g/mol. The molecule has 2 aromatic carbocycles. The minimum Gasteiger partial charge on any atom is -0.507 e. The van der Waals surface area contributed by atoms with E-state index in [1.807, 2.05) is 26.0 Å². The summed E-state index contributed by atoms with van der Waals surface area (Å²) < 4.78 is 0. The molecule has 0 aromatic heterocycles. The number of hydrogen-bond donors (Lipinski definition) is 2. The van der Waals surface area contributed by atoms with Gasteiger partial charge in [-0.25, -0.2) is 0 Å². The summed E-state index contributed by atoms with van der Waals surface area (Å²) in [4.78, 5) is 0. The van der Waals surface area contributed by atoms with Crippen LogP contribution >= 0.6 is 0 Å². The smallest absolute Gasteiger partial charge is 0.122 e. The van der Waals surface area contributed by atoms with Crippen molar-refractivity contribution in [3.8, 4) is 11.5 Å². The van der Waals surface area contributed by atoms with Crippen molar-refractivity contribution < 1.29 is 10.2 Å². The Hall–Kier alpha value is -2.48. The third kappa shape index (κ3) is 5.42. The molecule has 2 heteroatoms. The lowest BCUT2D eigenvalue weighted by Crippen LogP contribution is -2.18. The fourth-order valence-corrected chi connectivity index (χ4v) is 5.12. The van der Waals surface area contributed by atoms with Crippen molar-refractivity contribution in [3.05, 3.63) is 80.9 Å². The zero-order chi connectivity index (χ0) is 22.7. The van der Waals surface area contributed by atoms with Gasteiger partial charge in [0.05, 0.1) is 0 Å². The van der Waals surface area contributed by atoms with Crippen LogP contribution in [0.4, 0.5) is 0 Å². The van der Waals surface area contributed by atoms with Crippen LogP contribution in [0.5, 0.6) is 11.5 Å². The molecule has 0 saturated heterocycles. The molecule has 2 N–H and O–H groups in total. The standard InChI is InChI=1S/C29H38O2/c1-18(2)8-7-9-23-10-12-24(13-11-23)27(25-16-19(3)14-21(5)28(25)30)26-17-20(4)15-22(6)29(26)31/h8,10,14-17,24,27,30-31H,7,9,11-13H2,1-6H3. The Labute approximate surface area is 188 Å². The summed E-state index contributed by atoms with van der Waals surface area (Å²) in [7, 11) is 0. The maximum Gasteiger partial charge on any atom is 0.122 e. The summed E-state index contributed by atoms with van der Waals surface area (Å²) in [6.45, 7) is 12.4. The molecule has 0 amide bonds. The highest BCUT2D eigenvalue weighted by atomic mass is 16.3. The molecule has 1 atom stereocenters. The molecule has 0 aliphatic heterocycles. The van der Waals surface area contributed by atoms with Gasteiger partial charge in [0.1, 0.15) is 11.5 Å². The zero-order valence-electron chi connectivity index (χ0n) is 20.0. The van der Waals surface area contributed by atoms with Crippen LogP contribution in [0, 0.1) is 33.6 Å². The van der Waals surface area contributed by atoms with Crippen LogP contribution in [-0.2, 0) is 0 Å². The molecule has 1 unspecified atom stereocenters. The Kier molecular flexibility index (Phi) is 7.30. The first-order chi connectivity index (χ1) is 14.7. The minimum absolute atomic E-state index is 0.0206. The zero-order valence-corrected chi connectivity index (χ0v) is 20.0. The highest BCUT2D eigenvalue weighted by Gasteiger charge is 2.31. The van der Waals surface area contributed by atoms with Gasteiger partial charge < -0.3 is 10.2 Å². The van der Waals surface area contributed by atoms with E-state index in [1.54, 1.807) is 5.57 Å². The topological polar surface area (TPSA) is 40.5 Å². The Morgan fingerprint density at radius 3 is 1.94 bits per heavy atom. The lowest BCUT2D eigenvalue weighted by molar-refractivity contribution is 0.384. The molecule has 0 fully saturated rings. The van der Waals surface area contributed by atoms with Crippen LogP contribution < -0.4 is 0 Å². The summed E-state index contributed by atoms with van der Waals surface area (Å²) in [6, 6.07) is 8.27. The van der Waals surface area contributed by atoms with Gasteiger partial charge in [0.2, 0.25) is 0 Å². The molecular formula is C29H38O2. The average Bonchev–Trinajstić information content (AvgIpc) is 2.70. The van der Waals surface area contributed by atoms with Crippen molar-refractivity contribution in [2.24, 2.45) is 5.92 Å². The molecule has 1 aliphatic rings. The molecule has 0 spiro atoms. The Morgan fingerprint density at radius 1 is 0.935 bits per heavy atom. The van der Waals surface area contributed by atoms with Crippen molar-refractivity contribution in [2.45, 2.75) is 79.6 Å². The number of aromatic hydroxyl groups is 2. The van der Waals surface area contributed by atoms with Gasteiger partial charge in [-0.15, -0.1) is 0 Å². The van der Waals surface area contributed by atoms with Crippen molar-refractivity contribution in [3.63, 3.8) is 0 Å². The van der Waals surface area contributed by atoms with Gasteiger partial charge in [0, 0.05) is 17.0 Å². The van der Waals surface area contributed by atoms with Crippen molar-refractivity contribution in [2.75, 3.05) is 0 Å². The molecule has 0 bridgehead atoms. The Bertz CT molecular complexity index is 948. The lowest BCUT2D eigenvalue weighted by atomic mass is 9.72. The quantitative estimate of drug-likeness (QED) is 0.467. The first-order valence-corrected chi connectivity index (χ1v) is 11.6. The highest BCUT2D eigenvalue weighted by Crippen LogP contribution is 2.47. The lowest BCUT2D eigenvalue weighted by Gasteiger charge is -2.32. The van der Waals surface area contributed by atoms with Crippen molar-refractivity contribution in [1.29, 1.82) is 0 Å². The van der Waals surface area contributed by atoms with Gasteiger partial charge in [0.25, 0.3) is 0 Å². The summed E-state index contributed by atoms with van der Waals surface area (Å²) in [6.07, 6.45) is 10.1. The molecule has 0 heterocycles. The third-order valence-electron chi connectivity index (χ3n) is 6.65. The normalized spacial score (nSPS) is 16.4. The number of aryl methyl sites for hydroxylation is 4. The maximum atomic E-state index is 11.0. The van der Waals surface area contributed by atoms with Crippen LogP contribution in [0.1, 0.15) is 85.3 Å². The first-order valence-electron chi connectivity index (χ1n) is 11.6. The molecule has 2 nitrogen and oxygen atoms in total. The second kappa shape index (κ2) is 9.77. The highest BCUT2D eigenvalue weighted by molar-refractivity contribution is 5.54. The van der Waals surface area contributed by atoms with Crippen molar-refractivity contribution >= 4 is 0 Å². The number of benzene rings is 2. The predicted octanol–water partition coefficient (Wildman–Crippen LogP) is 7.94. The molecule has 3 rings (SSSR count). The largest absolute Gasteiger partial charge is 0.507 e. The van der Waals surface area contributed by atoms with E-state index >= 15 is 0 Å². The van der Waals surface area contributed by atoms with Crippen LogP contribution in [0.2, 0.25) is 0 Å². The molecule has 1 aliphatic carbocycles. The van der Waals surface area contributed by atoms with Crippen LogP contribution in [0.15, 0.2) is 47.6 Å². The average molecular weight is 419 g/mol. The molecule has 31 heavy (non-hydrogen) atoms. The van der Waals surface area contributed by atoms with E-state index in [1.165, 1.54) is 5.57 Å². The van der Waals surface area contributed by atoms with E-state index in [4.69, 9.17) is 0 Å². The number of allylic oxidation sites excluding steroid dienone is 4. The fraction of sp³-hybridized carbons (Fsp3) is 0.448. The summed E-state index contributed by atoms with van der Waals surface area (Å²) in [5, 5.41) is 22.1. The van der Waals surface area contributed by atoms with Crippen LogP contribution in [-0.4, -0.2) is 10.2 Å². The summed E-state index contributed by atoms with van der Waals surface area (Å²) in [5.41, 5.74) is 8.91. The molecule has 2 aromatic rings. The van der Waals surface area contributed by atoms with Crippen molar-refractivity contribution in [1.82, 2.24) is 0 Å². The van der Waals surface area contributed by atoms with Gasteiger partial charge in [0.15, 0.2) is 0 Å². The van der Waals surface area contributed by atoms with Gasteiger partial charge in [-0.2, -0.15) is 0 Å². The van der Waals surface area contributed by atoms with E-state index < -0.39 is 0 Å². The van der Waals surface area contributed by atoms with Crippen LogP contribution in [0.3, 0.4) is 0 Å². The Balaban J connectivity index is 2.01. The third-order valence-corrected chi connectivity index (χ3v) is 6.65. The summed E-state index contributed by atoms with van der Waals surface area (Å²) >= 11 is 0. The Morgan fingerprint density at radius 2 is 1.48 bits per heavy atom. The second-order valence-electron chi connectivity index (χ2n) is 9.73. The van der Waals surface area contributed by atoms with E-state index in [0.717, 1.165) is 65.5 Å². The second-order valence-corrected chi connectivity index (χ2v) is 9.73. The van der Waals surface area contributed by atoms with Gasteiger partial charge >= 0.3 is 0 Å². The molecule has 0 radical (unpaired) electrons. The maximum absolute atomic E-state index is 11.0. The predicted molar refractivity (Wildman–Crippen MR) is 131 cm³/mol. The van der Waals surface area contributed by atoms with Gasteiger partial charge in [-0.3, -0.25) is 0 Å². The molecule has 166 valence electrons. The summed E-state index contributed by atoms with van der Waals surface area (Å²) in [5.74, 6) is 1.07. The van der Waals surface area contributed by atoms with E-state index in [-0.39, 0.29) is 5.92 Å². The van der Waals surface area contributed by atoms with E-state index in [9.17, 15) is 10.2 Å². The SMILES string of the molecule is CC(C)=CCCC1=CCC(C(c2cc(C)cc(C)c2O)c2cc(C)cc(C)c2O)CC1. The van der Waals surface area contributed by atoms with Crippen LogP contribution in [0.25, 0.3) is 0 Å². The molecule has 0 saturated carbocycles. The van der Waals surface area contributed by atoms with Gasteiger partial charge in [-0.05, 0) is 90.7 Å². The number of hydrogen-bond acceptors (Lipinski definition) is 2. The number of phenols is 2. The van der Waals surface area contributed by atoms with E-state index in [2.05, 4.69) is 52.0 Å². The first kappa shape index (κ1) is 23.2. The fourth-order valence-electron chi connectivity index (χ4n) is 5.12. The number of rotatable bonds is 6. The number of phenolic OH excluding ortho intramolecular Hbond substituents is 2. The minimum atomic E-state index is -0.0206.